The Hall–Kier alpha value is -1.43. The smallest absolute Gasteiger partial charge is 0.226 e. The zero-order chi connectivity index (χ0) is 16.6. The highest BCUT2D eigenvalue weighted by Crippen LogP contribution is 2.15. The van der Waals surface area contributed by atoms with Crippen molar-refractivity contribution in [1.29, 1.82) is 0 Å². The first-order valence-corrected chi connectivity index (χ1v) is 9.22. The molecule has 2 aliphatic heterocycles. The van der Waals surface area contributed by atoms with Gasteiger partial charge in [0.15, 0.2) is 0 Å². The zero-order valence-corrected chi connectivity index (χ0v) is 14.4. The van der Waals surface area contributed by atoms with Crippen LogP contribution in [0.25, 0.3) is 0 Å². The highest BCUT2D eigenvalue weighted by molar-refractivity contribution is 5.91. The third-order valence-corrected chi connectivity index (χ3v) is 4.77. The molecule has 5 nitrogen and oxygen atoms in total. The molecule has 0 aromatic heterocycles. The number of carbonyl (C=O) groups excluding carboxylic acids is 1. The Labute approximate surface area is 144 Å². The van der Waals surface area contributed by atoms with E-state index in [-0.39, 0.29) is 11.9 Å². The number of anilines is 1. The van der Waals surface area contributed by atoms with Crippen molar-refractivity contribution in [3.8, 4) is 0 Å². The topological polar surface area (TPSA) is 53.6 Å². The third kappa shape index (κ3) is 5.58. The number of likely N-dealkylation sites (tertiary alicyclic amines) is 1. The third-order valence-electron chi connectivity index (χ3n) is 4.77. The van der Waals surface area contributed by atoms with Crippen molar-refractivity contribution >= 4 is 11.6 Å². The van der Waals surface area contributed by atoms with Gasteiger partial charge in [0.25, 0.3) is 0 Å². The number of nitrogens with one attached hydrogen (secondary N) is 2. The molecule has 1 atom stereocenters. The molecule has 1 unspecified atom stereocenters. The summed E-state index contributed by atoms with van der Waals surface area (Å²) in [4.78, 5) is 14.6. The highest BCUT2D eigenvalue weighted by atomic mass is 16.5. The molecule has 2 saturated heterocycles. The minimum Gasteiger partial charge on any atom is -0.378 e. The first-order chi connectivity index (χ1) is 11.8. The van der Waals surface area contributed by atoms with E-state index in [2.05, 4.69) is 27.7 Å². The molecule has 3 rings (SSSR count). The van der Waals surface area contributed by atoms with Gasteiger partial charge >= 0.3 is 0 Å². The van der Waals surface area contributed by atoms with Gasteiger partial charge in [0.2, 0.25) is 5.91 Å². The Bertz CT molecular complexity index is 504. The molecule has 0 bridgehead atoms. The average Bonchev–Trinajstić information content (AvgIpc) is 2.86. The fraction of sp³-hybridized carbons (Fsp3) is 0.632. The molecule has 5 heteroatoms. The van der Waals surface area contributed by atoms with Gasteiger partial charge in [-0.3, -0.25) is 9.69 Å². The van der Waals surface area contributed by atoms with E-state index in [1.54, 1.807) is 0 Å². The maximum atomic E-state index is 12.1. The largest absolute Gasteiger partial charge is 0.378 e. The van der Waals surface area contributed by atoms with Gasteiger partial charge in [-0.25, -0.2) is 0 Å². The number of ether oxygens (including phenoxy) is 1. The summed E-state index contributed by atoms with van der Waals surface area (Å²) in [7, 11) is 0. The van der Waals surface area contributed by atoms with Gasteiger partial charge in [0.1, 0.15) is 0 Å². The molecule has 1 aromatic rings. The molecule has 2 N–H and O–H groups in total. The minimum atomic E-state index is 0.0401. The van der Waals surface area contributed by atoms with E-state index in [1.807, 2.05) is 12.1 Å². The van der Waals surface area contributed by atoms with E-state index in [4.69, 9.17) is 4.74 Å². The number of morpholine rings is 1. The zero-order valence-electron chi connectivity index (χ0n) is 14.4. The molecule has 132 valence electrons. The van der Waals surface area contributed by atoms with Crippen LogP contribution in [0.2, 0.25) is 0 Å². The monoisotopic (exact) mass is 331 g/mol. The summed E-state index contributed by atoms with van der Waals surface area (Å²) in [5.41, 5.74) is 2.19. The van der Waals surface area contributed by atoms with Gasteiger partial charge < -0.3 is 15.4 Å². The Balaban J connectivity index is 1.45. The Kier molecular flexibility index (Phi) is 6.64. The maximum Gasteiger partial charge on any atom is 0.226 e. The molecule has 2 aliphatic rings. The summed E-state index contributed by atoms with van der Waals surface area (Å²) in [5, 5.41) is 6.29. The van der Waals surface area contributed by atoms with Crippen molar-refractivity contribution in [1.82, 2.24) is 10.2 Å². The molecule has 2 fully saturated rings. The van der Waals surface area contributed by atoms with E-state index in [1.165, 1.54) is 44.3 Å². The van der Waals surface area contributed by atoms with Crippen LogP contribution in [0.3, 0.4) is 0 Å². The summed E-state index contributed by atoms with van der Waals surface area (Å²) in [6.07, 6.45) is 5.81. The van der Waals surface area contributed by atoms with E-state index in [0.29, 0.717) is 13.0 Å². The summed E-state index contributed by atoms with van der Waals surface area (Å²) < 4.78 is 5.38. The second-order valence-electron chi connectivity index (χ2n) is 6.87. The SMILES string of the molecule is O=C(CC1COCCN1)Nc1ccc(CN2CCCCCC2)cc1. The predicted molar refractivity (Wildman–Crippen MR) is 96.0 cm³/mol. The van der Waals surface area contributed by atoms with E-state index < -0.39 is 0 Å². The Morgan fingerprint density at radius 3 is 2.58 bits per heavy atom. The lowest BCUT2D eigenvalue weighted by Crippen LogP contribution is -2.43. The molecular weight excluding hydrogens is 302 g/mol. The van der Waals surface area contributed by atoms with Crippen LogP contribution >= 0.6 is 0 Å². The van der Waals surface area contributed by atoms with Crippen LogP contribution in [-0.4, -0.2) is 49.7 Å². The fourth-order valence-corrected chi connectivity index (χ4v) is 3.43. The number of amides is 1. The van der Waals surface area contributed by atoms with Gasteiger partial charge in [-0.05, 0) is 43.6 Å². The maximum absolute atomic E-state index is 12.1. The summed E-state index contributed by atoms with van der Waals surface area (Å²) >= 11 is 0. The van der Waals surface area contributed by atoms with Gasteiger partial charge in [-0.15, -0.1) is 0 Å². The molecule has 1 amide bonds. The Morgan fingerprint density at radius 1 is 1.17 bits per heavy atom. The number of nitrogens with zero attached hydrogens (tertiary/aromatic N) is 1. The molecular formula is C19H29N3O2. The second-order valence-corrected chi connectivity index (χ2v) is 6.87. The van der Waals surface area contributed by atoms with Gasteiger partial charge in [-0.2, -0.15) is 0 Å². The average molecular weight is 331 g/mol. The molecule has 0 radical (unpaired) electrons. The van der Waals surface area contributed by atoms with Crippen molar-refractivity contribution in [2.45, 2.75) is 44.7 Å². The van der Waals surface area contributed by atoms with Gasteiger partial charge in [0.05, 0.1) is 13.2 Å². The minimum absolute atomic E-state index is 0.0401. The van der Waals surface area contributed by atoms with Crippen molar-refractivity contribution in [3.63, 3.8) is 0 Å². The first-order valence-electron chi connectivity index (χ1n) is 9.22. The second kappa shape index (κ2) is 9.16. The number of rotatable bonds is 5. The van der Waals surface area contributed by atoms with Gasteiger partial charge in [-0.1, -0.05) is 25.0 Å². The predicted octanol–water partition coefficient (Wildman–Crippen LogP) is 2.38. The lowest BCUT2D eigenvalue weighted by atomic mass is 10.1. The van der Waals surface area contributed by atoms with Crippen LogP contribution in [-0.2, 0) is 16.1 Å². The quantitative estimate of drug-likeness (QED) is 0.870. The lowest BCUT2D eigenvalue weighted by molar-refractivity contribution is -0.117. The normalized spacial score (nSPS) is 22.8. The van der Waals surface area contributed by atoms with Crippen molar-refractivity contribution < 1.29 is 9.53 Å². The molecule has 0 aliphatic carbocycles. The van der Waals surface area contributed by atoms with Crippen LogP contribution in [0.5, 0.6) is 0 Å². The van der Waals surface area contributed by atoms with Crippen LogP contribution in [0, 0.1) is 0 Å². The van der Waals surface area contributed by atoms with Crippen molar-refractivity contribution in [2.24, 2.45) is 0 Å². The fourth-order valence-electron chi connectivity index (χ4n) is 3.43. The standard InChI is InChI=1S/C19H29N3O2/c23-19(13-18-15-24-12-9-20-18)21-17-7-5-16(6-8-17)14-22-10-3-1-2-4-11-22/h5-8,18,20H,1-4,9-15H2,(H,21,23). The summed E-state index contributed by atoms with van der Waals surface area (Å²) in [5.74, 6) is 0.0401. The lowest BCUT2D eigenvalue weighted by Gasteiger charge is -2.23. The molecule has 2 heterocycles. The summed E-state index contributed by atoms with van der Waals surface area (Å²) in [6.45, 7) is 5.59. The van der Waals surface area contributed by atoms with Crippen LogP contribution in [0.1, 0.15) is 37.7 Å². The first kappa shape index (κ1) is 17.4. The molecule has 0 spiro atoms. The number of hydrogen-bond donors (Lipinski definition) is 2. The van der Waals surface area contributed by atoms with Gasteiger partial charge in [0, 0.05) is 31.2 Å². The molecule has 24 heavy (non-hydrogen) atoms. The van der Waals surface area contributed by atoms with E-state index >= 15 is 0 Å². The molecule has 1 aromatic carbocycles. The number of benzene rings is 1. The van der Waals surface area contributed by atoms with E-state index in [9.17, 15) is 4.79 Å². The van der Waals surface area contributed by atoms with Crippen LogP contribution < -0.4 is 10.6 Å². The highest BCUT2D eigenvalue weighted by Gasteiger charge is 2.17. The summed E-state index contributed by atoms with van der Waals surface area (Å²) in [6, 6.07) is 8.40. The van der Waals surface area contributed by atoms with Crippen LogP contribution in [0.15, 0.2) is 24.3 Å². The number of hydrogen-bond acceptors (Lipinski definition) is 4. The van der Waals surface area contributed by atoms with Crippen LogP contribution in [0.4, 0.5) is 5.69 Å². The molecule has 0 saturated carbocycles. The van der Waals surface area contributed by atoms with E-state index in [0.717, 1.165) is 25.4 Å². The van der Waals surface area contributed by atoms with Crippen molar-refractivity contribution in [2.75, 3.05) is 38.2 Å². The Morgan fingerprint density at radius 2 is 1.92 bits per heavy atom. The van der Waals surface area contributed by atoms with Crippen molar-refractivity contribution in [3.05, 3.63) is 29.8 Å². The number of carbonyl (C=O) groups is 1.